The molecule has 0 radical (unpaired) electrons. The van der Waals surface area contributed by atoms with Crippen molar-refractivity contribution in [1.82, 2.24) is 14.9 Å². The van der Waals surface area contributed by atoms with Gasteiger partial charge >= 0.3 is 0 Å². The first kappa shape index (κ1) is 14.5. The molecule has 4 rings (SSSR count). The van der Waals surface area contributed by atoms with Crippen molar-refractivity contribution in [2.24, 2.45) is 0 Å². The lowest BCUT2D eigenvalue weighted by molar-refractivity contribution is 0.250. The van der Waals surface area contributed by atoms with E-state index >= 15 is 0 Å². The Balaban J connectivity index is 1.44. The molecule has 23 heavy (non-hydrogen) atoms. The fourth-order valence-corrected chi connectivity index (χ4v) is 3.50. The van der Waals surface area contributed by atoms with Gasteiger partial charge in [-0.2, -0.15) is 0 Å². The summed E-state index contributed by atoms with van der Waals surface area (Å²) in [5.41, 5.74) is 2.59. The van der Waals surface area contributed by atoms with Crippen molar-refractivity contribution >= 4 is 28.3 Å². The second-order valence-corrected chi connectivity index (χ2v) is 6.34. The number of aromatic nitrogens is 2. The molecule has 2 aromatic heterocycles. The molecule has 0 amide bonds. The minimum Gasteiger partial charge on any atom is -0.361 e. The second kappa shape index (κ2) is 6.22. The lowest BCUT2D eigenvalue weighted by Gasteiger charge is -2.35. The molecule has 1 aliphatic heterocycles. The number of hydrogen-bond donors (Lipinski definition) is 1. The summed E-state index contributed by atoms with van der Waals surface area (Å²) < 4.78 is 0. The molecule has 0 saturated carbocycles. The van der Waals surface area contributed by atoms with E-state index in [4.69, 9.17) is 11.6 Å². The number of H-pyrrole nitrogens is 1. The molecule has 4 nitrogen and oxygen atoms in total. The van der Waals surface area contributed by atoms with E-state index in [1.165, 1.54) is 16.5 Å². The van der Waals surface area contributed by atoms with E-state index in [1.54, 1.807) is 6.20 Å². The highest BCUT2D eigenvalue weighted by atomic mass is 35.5. The molecule has 1 aliphatic rings. The molecular weight excluding hydrogens is 308 g/mol. The second-order valence-electron chi connectivity index (χ2n) is 5.93. The maximum Gasteiger partial charge on any atom is 0.147 e. The van der Waals surface area contributed by atoms with Crippen LogP contribution in [0.1, 0.15) is 5.56 Å². The van der Waals surface area contributed by atoms with Crippen molar-refractivity contribution in [3.8, 4) is 0 Å². The zero-order valence-corrected chi connectivity index (χ0v) is 13.6. The van der Waals surface area contributed by atoms with E-state index in [2.05, 4.69) is 44.0 Å². The maximum absolute atomic E-state index is 6.26. The number of halogens is 1. The van der Waals surface area contributed by atoms with Crippen LogP contribution in [0.4, 0.5) is 5.82 Å². The molecule has 3 aromatic rings. The summed E-state index contributed by atoms with van der Waals surface area (Å²) in [6, 6.07) is 12.4. The smallest absolute Gasteiger partial charge is 0.147 e. The number of hydrogen-bond acceptors (Lipinski definition) is 3. The molecule has 1 N–H and O–H groups in total. The van der Waals surface area contributed by atoms with Crippen LogP contribution in [0.25, 0.3) is 10.9 Å². The Morgan fingerprint density at radius 2 is 1.91 bits per heavy atom. The van der Waals surface area contributed by atoms with Crippen LogP contribution < -0.4 is 4.90 Å². The lowest BCUT2D eigenvalue weighted by atomic mass is 10.1. The number of pyridine rings is 1. The molecule has 1 saturated heterocycles. The quantitative estimate of drug-likeness (QED) is 0.799. The summed E-state index contributed by atoms with van der Waals surface area (Å²) in [6.07, 6.45) is 3.81. The maximum atomic E-state index is 6.26. The number of rotatable bonds is 3. The molecule has 118 valence electrons. The Kier molecular flexibility index (Phi) is 3.93. The van der Waals surface area contributed by atoms with Crippen molar-refractivity contribution in [1.29, 1.82) is 0 Å². The normalized spacial score (nSPS) is 16.1. The third-order valence-corrected chi connectivity index (χ3v) is 4.79. The van der Waals surface area contributed by atoms with Gasteiger partial charge in [-0.1, -0.05) is 23.7 Å². The highest BCUT2D eigenvalue weighted by Gasteiger charge is 2.20. The Labute approximate surface area is 140 Å². The van der Waals surface area contributed by atoms with Gasteiger partial charge in [-0.25, -0.2) is 4.98 Å². The van der Waals surface area contributed by atoms with Gasteiger partial charge in [0.25, 0.3) is 0 Å². The van der Waals surface area contributed by atoms with Gasteiger partial charge in [0.1, 0.15) is 5.82 Å². The Bertz CT molecular complexity index is 805. The van der Waals surface area contributed by atoms with Crippen LogP contribution in [0.5, 0.6) is 0 Å². The number of piperazine rings is 1. The Morgan fingerprint density at radius 1 is 1.04 bits per heavy atom. The molecule has 0 bridgehead atoms. The average molecular weight is 327 g/mol. The van der Waals surface area contributed by atoms with Crippen molar-refractivity contribution in [2.75, 3.05) is 31.1 Å². The van der Waals surface area contributed by atoms with E-state index in [0.29, 0.717) is 0 Å². The molecule has 0 spiro atoms. The monoisotopic (exact) mass is 326 g/mol. The van der Waals surface area contributed by atoms with Crippen LogP contribution in [-0.2, 0) is 6.54 Å². The van der Waals surface area contributed by atoms with Crippen LogP contribution in [0, 0.1) is 0 Å². The van der Waals surface area contributed by atoms with Crippen LogP contribution in [-0.4, -0.2) is 41.0 Å². The summed E-state index contributed by atoms with van der Waals surface area (Å²) in [4.78, 5) is 12.5. The van der Waals surface area contributed by atoms with Gasteiger partial charge in [0.2, 0.25) is 0 Å². The van der Waals surface area contributed by atoms with Crippen LogP contribution in [0.15, 0.2) is 48.8 Å². The number of anilines is 1. The van der Waals surface area contributed by atoms with Gasteiger partial charge in [-0.15, -0.1) is 0 Å². The van der Waals surface area contributed by atoms with Crippen LogP contribution in [0.2, 0.25) is 5.02 Å². The molecule has 5 heteroatoms. The molecule has 1 fully saturated rings. The highest BCUT2D eigenvalue weighted by molar-refractivity contribution is 6.32. The largest absolute Gasteiger partial charge is 0.361 e. The summed E-state index contributed by atoms with van der Waals surface area (Å²) in [7, 11) is 0. The first-order valence-corrected chi connectivity index (χ1v) is 8.32. The van der Waals surface area contributed by atoms with Crippen LogP contribution >= 0.6 is 11.6 Å². The van der Waals surface area contributed by atoms with E-state index < -0.39 is 0 Å². The van der Waals surface area contributed by atoms with Crippen LogP contribution in [0.3, 0.4) is 0 Å². The fourth-order valence-electron chi connectivity index (χ4n) is 3.26. The minimum atomic E-state index is 0.734. The van der Waals surface area contributed by atoms with Crippen molar-refractivity contribution < 1.29 is 0 Å². The lowest BCUT2D eigenvalue weighted by Crippen LogP contribution is -2.46. The highest BCUT2D eigenvalue weighted by Crippen LogP contribution is 2.24. The molecular formula is C18H19ClN4. The zero-order chi connectivity index (χ0) is 15.6. The molecule has 0 atom stereocenters. The van der Waals surface area contributed by atoms with E-state index in [-0.39, 0.29) is 0 Å². The predicted octanol–water partition coefficient (Wildman–Crippen LogP) is 3.54. The molecule has 0 unspecified atom stereocenters. The van der Waals surface area contributed by atoms with E-state index in [1.807, 2.05) is 18.3 Å². The average Bonchev–Trinajstić information content (AvgIpc) is 3.06. The summed E-state index contributed by atoms with van der Waals surface area (Å²) in [5.74, 6) is 0.904. The minimum absolute atomic E-state index is 0.734. The van der Waals surface area contributed by atoms with Gasteiger partial charge < -0.3 is 9.88 Å². The fraction of sp³-hybridized carbons (Fsp3) is 0.278. The van der Waals surface area contributed by atoms with Gasteiger partial charge in [0.15, 0.2) is 0 Å². The number of fused-ring (bicyclic) bond motifs is 1. The standard InChI is InChI=1S/C18H19ClN4/c19-16-4-2-7-21-18(16)23-11-9-22(10-12-23)13-14-3-1-5-17-15(14)6-8-20-17/h1-8,20H,9-13H2. The first-order valence-electron chi connectivity index (χ1n) is 7.94. The zero-order valence-electron chi connectivity index (χ0n) is 12.9. The van der Waals surface area contributed by atoms with Gasteiger partial charge in [-0.3, -0.25) is 4.90 Å². The van der Waals surface area contributed by atoms with Crippen molar-refractivity contribution in [3.05, 3.63) is 59.4 Å². The summed E-state index contributed by atoms with van der Waals surface area (Å²) in [5, 5.41) is 2.06. The van der Waals surface area contributed by atoms with Gasteiger partial charge in [0.05, 0.1) is 5.02 Å². The summed E-state index contributed by atoms with van der Waals surface area (Å²) >= 11 is 6.26. The summed E-state index contributed by atoms with van der Waals surface area (Å²) in [6.45, 7) is 4.94. The number of nitrogens with one attached hydrogen (secondary N) is 1. The topological polar surface area (TPSA) is 35.2 Å². The SMILES string of the molecule is Clc1cccnc1N1CCN(Cc2cccc3[nH]ccc23)CC1. The number of benzene rings is 1. The predicted molar refractivity (Wildman–Crippen MR) is 95.0 cm³/mol. The number of aromatic amines is 1. The third-order valence-electron chi connectivity index (χ3n) is 4.49. The molecule has 1 aromatic carbocycles. The first-order chi connectivity index (χ1) is 11.3. The number of nitrogens with zero attached hydrogens (tertiary/aromatic N) is 3. The molecule has 0 aliphatic carbocycles. The van der Waals surface area contributed by atoms with E-state index in [0.717, 1.165) is 43.6 Å². The van der Waals surface area contributed by atoms with Crippen molar-refractivity contribution in [2.45, 2.75) is 6.54 Å². The van der Waals surface area contributed by atoms with E-state index in [9.17, 15) is 0 Å². The third kappa shape index (κ3) is 2.92. The van der Waals surface area contributed by atoms with Gasteiger partial charge in [-0.05, 0) is 29.8 Å². The van der Waals surface area contributed by atoms with Crippen molar-refractivity contribution in [3.63, 3.8) is 0 Å². The Morgan fingerprint density at radius 3 is 2.74 bits per heavy atom. The van der Waals surface area contributed by atoms with Gasteiger partial charge in [0, 0.05) is 56.0 Å². The Hall–Kier alpha value is -2.04. The molecule has 3 heterocycles.